The highest BCUT2D eigenvalue weighted by atomic mass is 28.4. The summed E-state index contributed by atoms with van der Waals surface area (Å²) in [6, 6.07) is 0.575. The Bertz CT molecular complexity index is 261. The minimum absolute atomic E-state index is 0.247. The molecule has 0 spiro atoms. The first kappa shape index (κ1) is 16.7. The van der Waals surface area contributed by atoms with E-state index in [9.17, 15) is 0 Å². The van der Waals surface area contributed by atoms with Gasteiger partial charge in [-0.05, 0) is 33.8 Å². The van der Waals surface area contributed by atoms with Crippen LogP contribution in [0.25, 0.3) is 0 Å². The summed E-state index contributed by atoms with van der Waals surface area (Å²) in [4.78, 5) is 0. The van der Waals surface area contributed by atoms with Gasteiger partial charge in [-0.25, -0.2) is 0 Å². The second kappa shape index (κ2) is 8.71. The van der Waals surface area contributed by atoms with Crippen molar-refractivity contribution >= 4 is 8.80 Å². The summed E-state index contributed by atoms with van der Waals surface area (Å²) in [7, 11) is -2.67. The molecule has 1 fully saturated rings. The van der Waals surface area contributed by atoms with Gasteiger partial charge in [0.25, 0.3) is 0 Å². The van der Waals surface area contributed by atoms with Crippen molar-refractivity contribution in [2.24, 2.45) is 0 Å². The van der Waals surface area contributed by atoms with Gasteiger partial charge in [-0.15, -0.1) is 0 Å². The molecule has 1 aliphatic rings. The maximum atomic E-state index is 5.81. The molecule has 0 bridgehead atoms. The highest BCUT2D eigenvalue weighted by Gasteiger charge is 2.42. The van der Waals surface area contributed by atoms with E-state index in [1.807, 2.05) is 33.8 Å². The lowest BCUT2D eigenvalue weighted by molar-refractivity contribution is 0.0672. The number of hydrogen-bond acceptors (Lipinski definition) is 5. The van der Waals surface area contributed by atoms with Crippen molar-refractivity contribution in [2.75, 3.05) is 33.0 Å². The van der Waals surface area contributed by atoms with Crippen molar-refractivity contribution in [3.8, 4) is 0 Å². The first-order valence-corrected chi connectivity index (χ1v) is 8.94. The van der Waals surface area contributed by atoms with Crippen LogP contribution < -0.4 is 0 Å². The molecule has 112 valence electrons. The Balaban J connectivity index is 2.59. The van der Waals surface area contributed by atoms with Crippen molar-refractivity contribution in [1.82, 2.24) is 0 Å². The largest absolute Gasteiger partial charge is 0.508 e. The lowest BCUT2D eigenvalue weighted by Gasteiger charge is -2.29. The van der Waals surface area contributed by atoms with Crippen LogP contribution in [0.15, 0.2) is 11.8 Å². The molecule has 19 heavy (non-hydrogen) atoms. The zero-order chi connectivity index (χ0) is 14.1. The fraction of sp³-hybridized carbons (Fsp3) is 0.846. The number of allylic oxidation sites excluding steroid dienone is 2. The highest BCUT2D eigenvalue weighted by Crippen LogP contribution is 2.23. The van der Waals surface area contributed by atoms with Gasteiger partial charge in [-0.1, -0.05) is 0 Å². The summed E-state index contributed by atoms with van der Waals surface area (Å²) in [6.45, 7) is 10.9. The monoisotopic (exact) mass is 290 g/mol. The van der Waals surface area contributed by atoms with Crippen LogP contribution in [0.1, 0.15) is 27.7 Å². The molecular weight excluding hydrogens is 264 g/mol. The molecule has 1 heterocycles. The Hall–Kier alpha value is -0.403. The minimum Gasteiger partial charge on any atom is -0.496 e. The van der Waals surface area contributed by atoms with Crippen molar-refractivity contribution in [2.45, 2.75) is 39.8 Å². The molecule has 5 nitrogen and oxygen atoms in total. The smallest absolute Gasteiger partial charge is 0.496 e. The summed E-state index contributed by atoms with van der Waals surface area (Å²) in [6.07, 6.45) is 2.19. The van der Waals surface area contributed by atoms with Crippen LogP contribution in [0.3, 0.4) is 0 Å². The van der Waals surface area contributed by atoms with Gasteiger partial charge in [-0.3, -0.25) is 0 Å². The molecule has 1 rings (SSSR count). The van der Waals surface area contributed by atoms with Crippen LogP contribution in [0, 0.1) is 0 Å². The molecule has 0 saturated carbocycles. The van der Waals surface area contributed by atoms with Crippen molar-refractivity contribution in [3.05, 3.63) is 11.8 Å². The fourth-order valence-electron chi connectivity index (χ4n) is 1.75. The Morgan fingerprint density at radius 2 is 1.68 bits per heavy atom. The normalized spacial score (nSPS) is 19.6. The van der Waals surface area contributed by atoms with E-state index in [0.717, 1.165) is 12.4 Å². The van der Waals surface area contributed by atoms with Crippen LogP contribution >= 0.6 is 0 Å². The Kier molecular flexibility index (Phi) is 7.63. The van der Waals surface area contributed by atoms with E-state index in [-0.39, 0.29) is 6.10 Å². The maximum absolute atomic E-state index is 5.81. The SMILES string of the molecule is CC=C(C[Si](OCC)(OCC)OCC)OCC1CO1. The molecule has 1 atom stereocenters. The first-order valence-electron chi connectivity index (χ1n) is 7.01. The quantitative estimate of drug-likeness (QED) is 0.332. The van der Waals surface area contributed by atoms with E-state index < -0.39 is 8.80 Å². The molecule has 0 aromatic rings. The van der Waals surface area contributed by atoms with Crippen molar-refractivity contribution in [3.63, 3.8) is 0 Å². The van der Waals surface area contributed by atoms with E-state index in [0.29, 0.717) is 32.5 Å². The van der Waals surface area contributed by atoms with Gasteiger partial charge in [0.2, 0.25) is 0 Å². The third-order valence-electron chi connectivity index (χ3n) is 2.66. The topological polar surface area (TPSA) is 49.5 Å². The van der Waals surface area contributed by atoms with Crippen LogP contribution in [-0.4, -0.2) is 47.9 Å². The maximum Gasteiger partial charge on any atom is 0.508 e. The molecule has 0 N–H and O–H groups in total. The van der Waals surface area contributed by atoms with Crippen molar-refractivity contribution in [1.29, 1.82) is 0 Å². The number of ether oxygens (including phenoxy) is 2. The average Bonchev–Trinajstić information content (AvgIpc) is 3.19. The first-order chi connectivity index (χ1) is 9.19. The lowest BCUT2D eigenvalue weighted by atomic mass is 10.5. The number of epoxide rings is 1. The third-order valence-corrected chi connectivity index (χ3v) is 5.63. The van der Waals surface area contributed by atoms with Crippen LogP contribution in [0.4, 0.5) is 0 Å². The second-order valence-electron chi connectivity index (χ2n) is 4.18. The molecule has 1 unspecified atom stereocenters. The second-order valence-corrected chi connectivity index (χ2v) is 6.77. The van der Waals surface area contributed by atoms with Crippen LogP contribution in [-0.2, 0) is 22.8 Å². The van der Waals surface area contributed by atoms with E-state index in [1.54, 1.807) is 0 Å². The number of rotatable bonds is 11. The van der Waals surface area contributed by atoms with Gasteiger partial charge in [0.05, 0.1) is 18.4 Å². The molecule has 6 heteroatoms. The zero-order valence-electron chi connectivity index (χ0n) is 12.4. The third kappa shape index (κ3) is 6.05. The highest BCUT2D eigenvalue weighted by molar-refractivity contribution is 6.61. The average molecular weight is 290 g/mol. The predicted octanol–water partition coefficient (Wildman–Crippen LogP) is 2.35. The van der Waals surface area contributed by atoms with E-state index in [2.05, 4.69) is 0 Å². The van der Waals surface area contributed by atoms with Gasteiger partial charge < -0.3 is 22.8 Å². The van der Waals surface area contributed by atoms with Crippen LogP contribution in [0.5, 0.6) is 0 Å². The summed E-state index contributed by atoms with van der Waals surface area (Å²) in [5.74, 6) is 0.859. The summed E-state index contributed by atoms with van der Waals surface area (Å²) >= 11 is 0. The molecule has 0 aromatic heterocycles. The Labute approximate surface area is 117 Å². The van der Waals surface area contributed by atoms with Gasteiger partial charge in [0, 0.05) is 19.8 Å². The lowest BCUT2D eigenvalue weighted by Crippen LogP contribution is -2.46. The summed E-state index contributed by atoms with van der Waals surface area (Å²) in [5, 5.41) is 0. The van der Waals surface area contributed by atoms with Crippen molar-refractivity contribution < 1.29 is 22.8 Å². The predicted molar refractivity (Wildman–Crippen MR) is 74.9 cm³/mol. The summed E-state index contributed by atoms with van der Waals surface area (Å²) < 4.78 is 28.3. The van der Waals surface area contributed by atoms with E-state index in [1.165, 1.54) is 0 Å². The van der Waals surface area contributed by atoms with Gasteiger partial charge in [-0.2, -0.15) is 0 Å². The molecular formula is C13H26O5Si. The Morgan fingerprint density at radius 1 is 1.16 bits per heavy atom. The number of hydrogen-bond donors (Lipinski definition) is 0. The molecule has 1 aliphatic heterocycles. The minimum atomic E-state index is -2.67. The van der Waals surface area contributed by atoms with Crippen LogP contribution in [0.2, 0.25) is 6.04 Å². The van der Waals surface area contributed by atoms with E-state index in [4.69, 9.17) is 22.8 Å². The van der Waals surface area contributed by atoms with Gasteiger partial charge >= 0.3 is 8.80 Å². The zero-order valence-corrected chi connectivity index (χ0v) is 13.4. The fourth-order valence-corrected chi connectivity index (χ4v) is 4.36. The molecule has 0 amide bonds. The van der Waals surface area contributed by atoms with Gasteiger partial charge in [0.1, 0.15) is 12.7 Å². The Morgan fingerprint density at radius 3 is 2.05 bits per heavy atom. The molecule has 0 aliphatic carbocycles. The molecule has 1 saturated heterocycles. The molecule has 0 radical (unpaired) electrons. The molecule has 0 aromatic carbocycles. The standard InChI is InChI=1S/C13H26O5Si/c1-5-12(14-9-13-10-15-13)11-19(16-6-2,17-7-3)18-8-4/h5,13H,6-11H2,1-4H3. The van der Waals surface area contributed by atoms with Gasteiger partial charge in [0.15, 0.2) is 0 Å². The van der Waals surface area contributed by atoms with E-state index >= 15 is 0 Å². The summed E-state index contributed by atoms with van der Waals surface area (Å²) in [5.41, 5.74) is 0.